The van der Waals surface area contributed by atoms with Crippen LogP contribution in [0.5, 0.6) is 5.75 Å². The summed E-state index contributed by atoms with van der Waals surface area (Å²) in [5, 5.41) is 20.9. The van der Waals surface area contributed by atoms with Crippen molar-refractivity contribution in [1.29, 1.82) is 0 Å². The number of carbonyl (C=O) groups excluding carboxylic acids is 1. The number of ether oxygens (including phenoxy) is 1. The number of nitrogens with zero attached hydrogens (tertiary/aromatic N) is 3. The van der Waals surface area contributed by atoms with E-state index in [1.165, 1.54) is 31.0 Å². The van der Waals surface area contributed by atoms with Gasteiger partial charge in [0.05, 0.1) is 23.6 Å². The predicted octanol–water partition coefficient (Wildman–Crippen LogP) is 2.78. The Bertz CT molecular complexity index is 866. The Balaban J connectivity index is 1.65. The second-order valence-electron chi connectivity index (χ2n) is 5.85. The first-order valence-electron chi connectivity index (χ1n) is 7.83. The zero-order valence-electron chi connectivity index (χ0n) is 14.2. The average Bonchev–Trinajstić information content (AvgIpc) is 3.38. The number of carboxylic acid groups (broad SMARTS) is 1. The number of halogens is 1. The summed E-state index contributed by atoms with van der Waals surface area (Å²) in [5.74, 6) is 0.214. The van der Waals surface area contributed by atoms with E-state index in [0.717, 1.165) is 18.7 Å². The summed E-state index contributed by atoms with van der Waals surface area (Å²) in [6.45, 7) is 0. The van der Waals surface area contributed by atoms with Gasteiger partial charge in [0.15, 0.2) is 5.16 Å². The summed E-state index contributed by atoms with van der Waals surface area (Å²) in [4.78, 5) is 23.4. The third kappa shape index (κ3) is 3.94. The molecule has 0 bridgehead atoms. The summed E-state index contributed by atoms with van der Waals surface area (Å²) in [6.07, 6.45) is 2.26. The van der Waals surface area contributed by atoms with E-state index >= 15 is 0 Å². The van der Waals surface area contributed by atoms with Crippen LogP contribution in [0.3, 0.4) is 0 Å². The number of benzene rings is 1. The summed E-state index contributed by atoms with van der Waals surface area (Å²) in [6, 6.07) is 2.64. The SMILES string of the molecule is COc1cc(NC(=O)CSc2nnc(C3CC3)n2C)c(Cl)cc1C(=O)O. The van der Waals surface area contributed by atoms with E-state index < -0.39 is 5.97 Å². The van der Waals surface area contributed by atoms with Crippen LogP contribution in [0.4, 0.5) is 5.69 Å². The molecular weight excluding hydrogens is 380 g/mol. The predicted molar refractivity (Wildman–Crippen MR) is 97.3 cm³/mol. The number of nitrogens with one attached hydrogen (secondary N) is 1. The van der Waals surface area contributed by atoms with Gasteiger partial charge in [0.1, 0.15) is 17.1 Å². The first-order chi connectivity index (χ1) is 12.4. The van der Waals surface area contributed by atoms with Gasteiger partial charge in [0.2, 0.25) is 5.91 Å². The van der Waals surface area contributed by atoms with Gasteiger partial charge in [-0.1, -0.05) is 23.4 Å². The lowest BCUT2D eigenvalue weighted by molar-refractivity contribution is -0.113. The number of amides is 1. The number of aromatic carboxylic acids is 1. The van der Waals surface area contributed by atoms with E-state index in [1.807, 2.05) is 11.6 Å². The molecule has 26 heavy (non-hydrogen) atoms. The van der Waals surface area contributed by atoms with Crippen LogP contribution in [0.1, 0.15) is 34.9 Å². The second kappa shape index (κ2) is 7.55. The Morgan fingerprint density at radius 3 is 2.77 bits per heavy atom. The van der Waals surface area contributed by atoms with Crippen molar-refractivity contribution in [3.63, 3.8) is 0 Å². The highest BCUT2D eigenvalue weighted by molar-refractivity contribution is 7.99. The van der Waals surface area contributed by atoms with Crippen LogP contribution in [0.2, 0.25) is 5.02 Å². The van der Waals surface area contributed by atoms with Crippen molar-refractivity contribution in [3.8, 4) is 5.75 Å². The molecule has 0 spiro atoms. The van der Waals surface area contributed by atoms with Crippen molar-refractivity contribution in [1.82, 2.24) is 14.8 Å². The van der Waals surface area contributed by atoms with Crippen LogP contribution in [0, 0.1) is 0 Å². The molecule has 0 atom stereocenters. The molecule has 1 aromatic heterocycles. The molecular formula is C16H17ClN4O4S. The highest BCUT2D eigenvalue weighted by atomic mass is 35.5. The molecule has 10 heteroatoms. The molecule has 0 saturated heterocycles. The molecule has 3 rings (SSSR count). The number of thioether (sulfide) groups is 1. The lowest BCUT2D eigenvalue weighted by Gasteiger charge is -2.11. The fourth-order valence-corrected chi connectivity index (χ4v) is 3.38. The highest BCUT2D eigenvalue weighted by Gasteiger charge is 2.29. The number of methoxy groups -OCH3 is 1. The number of carboxylic acids is 1. The number of anilines is 1. The average molecular weight is 397 g/mol. The molecule has 8 nitrogen and oxygen atoms in total. The van der Waals surface area contributed by atoms with Crippen LogP contribution in [-0.2, 0) is 11.8 Å². The molecule has 138 valence electrons. The molecule has 0 unspecified atom stereocenters. The molecule has 1 fully saturated rings. The smallest absolute Gasteiger partial charge is 0.339 e. The van der Waals surface area contributed by atoms with Crippen molar-refractivity contribution in [2.24, 2.45) is 7.05 Å². The number of rotatable bonds is 7. The van der Waals surface area contributed by atoms with Crippen LogP contribution in [0.25, 0.3) is 0 Å². The fraction of sp³-hybridized carbons (Fsp3) is 0.375. The largest absolute Gasteiger partial charge is 0.496 e. The number of carbonyl (C=O) groups is 2. The molecule has 1 aliphatic rings. The van der Waals surface area contributed by atoms with E-state index in [4.69, 9.17) is 21.4 Å². The van der Waals surface area contributed by atoms with E-state index in [2.05, 4.69) is 15.5 Å². The van der Waals surface area contributed by atoms with Gasteiger partial charge in [0.25, 0.3) is 0 Å². The molecule has 1 aliphatic carbocycles. The number of hydrogen-bond acceptors (Lipinski definition) is 6. The zero-order chi connectivity index (χ0) is 18.8. The molecule has 2 aromatic rings. The molecule has 1 saturated carbocycles. The van der Waals surface area contributed by atoms with Crippen LogP contribution in [-0.4, -0.2) is 44.6 Å². The Labute approximate surface area is 158 Å². The molecule has 1 amide bonds. The van der Waals surface area contributed by atoms with Crippen molar-refractivity contribution >= 4 is 40.9 Å². The molecule has 2 N–H and O–H groups in total. The minimum atomic E-state index is -1.16. The minimum absolute atomic E-state index is 0.0726. The first-order valence-corrected chi connectivity index (χ1v) is 9.19. The fourth-order valence-electron chi connectivity index (χ4n) is 2.45. The lowest BCUT2D eigenvalue weighted by Crippen LogP contribution is -2.15. The van der Waals surface area contributed by atoms with Gasteiger partial charge >= 0.3 is 5.97 Å². The van der Waals surface area contributed by atoms with Crippen molar-refractivity contribution in [2.45, 2.75) is 23.9 Å². The van der Waals surface area contributed by atoms with E-state index in [9.17, 15) is 9.59 Å². The van der Waals surface area contributed by atoms with E-state index in [0.29, 0.717) is 11.1 Å². The normalized spacial score (nSPS) is 13.5. The monoisotopic (exact) mass is 396 g/mol. The molecule has 0 radical (unpaired) electrons. The quantitative estimate of drug-likeness (QED) is 0.693. The molecule has 0 aliphatic heterocycles. The standard InChI is InChI=1S/C16H17ClN4O4S/c1-21-14(8-3-4-8)19-20-16(21)26-7-13(22)18-11-6-12(25-2)9(15(23)24)5-10(11)17/h5-6,8H,3-4,7H2,1-2H3,(H,18,22)(H,23,24). The number of hydrogen-bond donors (Lipinski definition) is 2. The Morgan fingerprint density at radius 2 is 2.15 bits per heavy atom. The summed E-state index contributed by atoms with van der Waals surface area (Å²) >= 11 is 7.34. The van der Waals surface area contributed by atoms with Crippen molar-refractivity contribution < 1.29 is 19.4 Å². The van der Waals surface area contributed by atoms with Gasteiger partial charge < -0.3 is 19.7 Å². The van der Waals surface area contributed by atoms with Crippen molar-refractivity contribution in [3.05, 3.63) is 28.5 Å². The molecule has 1 aromatic carbocycles. The van der Waals surface area contributed by atoms with Crippen LogP contribution >= 0.6 is 23.4 Å². The van der Waals surface area contributed by atoms with Gasteiger partial charge in [0, 0.05) is 19.0 Å². The maximum absolute atomic E-state index is 12.2. The summed E-state index contributed by atoms with van der Waals surface area (Å²) in [7, 11) is 3.24. The van der Waals surface area contributed by atoms with Gasteiger partial charge in [-0.05, 0) is 18.9 Å². The second-order valence-corrected chi connectivity index (χ2v) is 7.20. The Morgan fingerprint density at radius 1 is 1.42 bits per heavy atom. The zero-order valence-corrected chi connectivity index (χ0v) is 15.7. The lowest BCUT2D eigenvalue weighted by atomic mass is 10.2. The van der Waals surface area contributed by atoms with Gasteiger partial charge in [-0.2, -0.15) is 0 Å². The minimum Gasteiger partial charge on any atom is -0.496 e. The molecule has 1 heterocycles. The van der Waals surface area contributed by atoms with Gasteiger partial charge in [-0.15, -0.1) is 10.2 Å². The third-order valence-electron chi connectivity index (χ3n) is 3.94. The van der Waals surface area contributed by atoms with Gasteiger partial charge in [-0.25, -0.2) is 4.79 Å². The van der Waals surface area contributed by atoms with E-state index in [1.54, 1.807) is 0 Å². The highest BCUT2D eigenvalue weighted by Crippen LogP contribution is 2.39. The maximum Gasteiger partial charge on any atom is 0.339 e. The maximum atomic E-state index is 12.2. The Hall–Kier alpha value is -2.26. The Kier molecular flexibility index (Phi) is 5.38. The van der Waals surface area contributed by atoms with Gasteiger partial charge in [-0.3, -0.25) is 4.79 Å². The van der Waals surface area contributed by atoms with Crippen LogP contribution in [0.15, 0.2) is 17.3 Å². The summed E-state index contributed by atoms with van der Waals surface area (Å²) < 4.78 is 6.95. The topological polar surface area (TPSA) is 106 Å². The van der Waals surface area contributed by atoms with Crippen LogP contribution < -0.4 is 10.1 Å². The first kappa shape index (κ1) is 18.5. The summed E-state index contributed by atoms with van der Waals surface area (Å²) in [5.41, 5.74) is 0.215. The third-order valence-corrected chi connectivity index (χ3v) is 5.27. The number of aromatic nitrogens is 3. The van der Waals surface area contributed by atoms with Crippen molar-refractivity contribution in [2.75, 3.05) is 18.2 Å². The van der Waals surface area contributed by atoms with E-state index in [-0.39, 0.29) is 33.7 Å².